The molecule has 0 spiro atoms. The highest BCUT2D eigenvalue weighted by molar-refractivity contribution is 5.88. The normalized spacial score (nSPS) is 16.0. The highest BCUT2D eigenvalue weighted by Crippen LogP contribution is 2.32. The molecule has 2 aromatic heterocycles. The molecular weight excluding hydrogens is 274 g/mol. The summed E-state index contributed by atoms with van der Waals surface area (Å²) in [4.78, 5) is 11.2. The fourth-order valence-corrected chi connectivity index (χ4v) is 2.81. The van der Waals surface area contributed by atoms with Crippen molar-refractivity contribution in [2.24, 2.45) is 4.99 Å². The van der Waals surface area contributed by atoms with Gasteiger partial charge in [0.2, 0.25) is 0 Å². The van der Waals surface area contributed by atoms with Crippen LogP contribution in [0.1, 0.15) is 32.4 Å². The van der Waals surface area contributed by atoms with Gasteiger partial charge in [0.25, 0.3) is 0 Å². The summed E-state index contributed by atoms with van der Waals surface area (Å²) in [7, 11) is 1.69. The summed E-state index contributed by atoms with van der Waals surface area (Å²) in [5.41, 5.74) is 6.66. The summed E-state index contributed by atoms with van der Waals surface area (Å²) in [6.45, 7) is 4.34. The standard InChI is InChI=1S/C18H21N3O/c1-4-12-11-20-15(13(12)5-2)9-17-18(22-3)10-16(21-17)14-7-6-8-19-14/h6-11,19,21H,4-5H2,1-3H3. The maximum Gasteiger partial charge on any atom is 0.144 e. The number of aromatic amines is 2. The molecular formula is C18H21N3O. The van der Waals surface area contributed by atoms with Crippen molar-refractivity contribution in [3.05, 3.63) is 46.9 Å². The van der Waals surface area contributed by atoms with Crippen molar-refractivity contribution in [1.82, 2.24) is 9.97 Å². The molecule has 0 fully saturated rings. The molecule has 3 heterocycles. The average molecular weight is 295 g/mol. The van der Waals surface area contributed by atoms with E-state index in [2.05, 4.69) is 34.9 Å². The summed E-state index contributed by atoms with van der Waals surface area (Å²) in [5.74, 6) is 0.827. The third-order valence-corrected chi connectivity index (χ3v) is 3.99. The number of allylic oxidation sites excluding steroid dienone is 2. The number of nitrogens with one attached hydrogen (secondary N) is 2. The van der Waals surface area contributed by atoms with E-state index in [0.717, 1.165) is 41.4 Å². The Morgan fingerprint density at radius 1 is 1.23 bits per heavy atom. The van der Waals surface area contributed by atoms with Gasteiger partial charge < -0.3 is 14.7 Å². The smallest absolute Gasteiger partial charge is 0.144 e. The van der Waals surface area contributed by atoms with Gasteiger partial charge in [-0.1, -0.05) is 13.8 Å². The van der Waals surface area contributed by atoms with E-state index in [4.69, 9.17) is 4.74 Å². The summed E-state index contributed by atoms with van der Waals surface area (Å²) in [6, 6.07) is 6.02. The maximum absolute atomic E-state index is 5.50. The molecule has 2 aromatic rings. The number of rotatable bonds is 5. The van der Waals surface area contributed by atoms with Crippen molar-refractivity contribution in [1.29, 1.82) is 0 Å². The topological polar surface area (TPSA) is 53.2 Å². The summed E-state index contributed by atoms with van der Waals surface area (Å²) in [5, 5.41) is 0. The summed E-state index contributed by atoms with van der Waals surface area (Å²) >= 11 is 0. The summed E-state index contributed by atoms with van der Waals surface area (Å²) in [6.07, 6.45) is 7.96. The third kappa shape index (κ3) is 2.52. The van der Waals surface area contributed by atoms with Gasteiger partial charge in [0.15, 0.2) is 0 Å². The third-order valence-electron chi connectivity index (χ3n) is 3.99. The highest BCUT2D eigenvalue weighted by Gasteiger charge is 2.15. The number of H-pyrrole nitrogens is 2. The van der Waals surface area contributed by atoms with Crippen LogP contribution in [0, 0.1) is 0 Å². The monoisotopic (exact) mass is 295 g/mol. The first-order valence-corrected chi connectivity index (χ1v) is 7.65. The predicted octanol–water partition coefficient (Wildman–Crippen LogP) is 4.56. The van der Waals surface area contributed by atoms with E-state index in [1.165, 1.54) is 11.1 Å². The van der Waals surface area contributed by atoms with Crippen molar-refractivity contribution in [2.75, 3.05) is 7.11 Å². The van der Waals surface area contributed by atoms with E-state index in [0.29, 0.717) is 0 Å². The Labute approximate surface area is 130 Å². The number of nitrogens with zero attached hydrogens (tertiary/aromatic N) is 1. The SMILES string of the molecule is CCC1=C(CC)C(=Cc2[nH]c(-c3ccc[nH]3)cc2OC)N=C1. The average Bonchev–Trinajstić information content (AvgIpc) is 3.26. The molecule has 0 saturated carbocycles. The molecule has 114 valence electrons. The van der Waals surface area contributed by atoms with E-state index < -0.39 is 0 Å². The molecule has 0 saturated heterocycles. The van der Waals surface area contributed by atoms with Crippen molar-refractivity contribution >= 4 is 12.3 Å². The largest absolute Gasteiger partial charge is 0.494 e. The first-order valence-electron chi connectivity index (χ1n) is 7.65. The van der Waals surface area contributed by atoms with E-state index >= 15 is 0 Å². The minimum Gasteiger partial charge on any atom is -0.494 e. The molecule has 0 radical (unpaired) electrons. The Hall–Kier alpha value is -2.49. The van der Waals surface area contributed by atoms with Gasteiger partial charge in [-0.25, -0.2) is 0 Å². The van der Waals surface area contributed by atoms with Crippen LogP contribution in [0.15, 0.2) is 46.2 Å². The zero-order chi connectivity index (χ0) is 15.5. The van der Waals surface area contributed by atoms with E-state index in [9.17, 15) is 0 Å². The van der Waals surface area contributed by atoms with Crippen molar-refractivity contribution < 1.29 is 4.74 Å². The molecule has 1 aliphatic heterocycles. The van der Waals surface area contributed by atoms with Gasteiger partial charge in [0.05, 0.1) is 29.9 Å². The van der Waals surface area contributed by atoms with E-state index in [1.807, 2.05) is 30.6 Å². The van der Waals surface area contributed by atoms with Crippen LogP contribution < -0.4 is 4.74 Å². The van der Waals surface area contributed by atoms with Crippen LogP contribution in [-0.2, 0) is 0 Å². The fraction of sp³-hybridized carbons (Fsp3) is 0.278. The number of hydrogen-bond acceptors (Lipinski definition) is 2. The zero-order valence-electron chi connectivity index (χ0n) is 13.2. The minimum absolute atomic E-state index is 0.827. The van der Waals surface area contributed by atoms with Gasteiger partial charge in [0.1, 0.15) is 5.75 Å². The first kappa shape index (κ1) is 14.4. The van der Waals surface area contributed by atoms with Crippen molar-refractivity contribution in [2.45, 2.75) is 26.7 Å². The van der Waals surface area contributed by atoms with E-state index in [-0.39, 0.29) is 0 Å². The van der Waals surface area contributed by atoms with Crippen molar-refractivity contribution in [3.63, 3.8) is 0 Å². The molecule has 0 unspecified atom stereocenters. The predicted molar refractivity (Wildman–Crippen MR) is 91.2 cm³/mol. The van der Waals surface area contributed by atoms with Gasteiger partial charge in [-0.2, -0.15) is 0 Å². The second-order valence-electron chi connectivity index (χ2n) is 5.25. The number of aromatic nitrogens is 2. The molecule has 22 heavy (non-hydrogen) atoms. The highest BCUT2D eigenvalue weighted by atomic mass is 16.5. The number of hydrogen-bond donors (Lipinski definition) is 2. The second kappa shape index (κ2) is 6.10. The molecule has 3 rings (SSSR count). The van der Waals surface area contributed by atoms with Gasteiger partial charge in [-0.3, -0.25) is 4.99 Å². The van der Waals surface area contributed by atoms with Crippen molar-refractivity contribution in [3.8, 4) is 17.1 Å². The molecule has 0 amide bonds. The number of ether oxygens (including phenoxy) is 1. The molecule has 0 bridgehead atoms. The van der Waals surface area contributed by atoms with Crippen LogP contribution in [0.5, 0.6) is 5.75 Å². The minimum atomic E-state index is 0.827. The fourth-order valence-electron chi connectivity index (χ4n) is 2.81. The lowest BCUT2D eigenvalue weighted by atomic mass is 10.0. The maximum atomic E-state index is 5.50. The van der Waals surface area contributed by atoms with E-state index in [1.54, 1.807) is 7.11 Å². The van der Waals surface area contributed by atoms with Crippen LogP contribution in [0.2, 0.25) is 0 Å². The zero-order valence-corrected chi connectivity index (χ0v) is 13.2. The molecule has 2 N–H and O–H groups in total. The number of methoxy groups -OCH3 is 1. The summed E-state index contributed by atoms with van der Waals surface area (Å²) < 4.78 is 5.50. The number of aliphatic imine (C=N–C) groups is 1. The molecule has 0 aliphatic carbocycles. The molecule has 1 aliphatic rings. The molecule has 4 heteroatoms. The lowest BCUT2D eigenvalue weighted by molar-refractivity contribution is 0.414. The lowest BCUT2D eigenvalue weighted by Crippen LogP contribution is -1.88. The van der Waals surface area contributed by atoms with Gasteiger partial charge in [-0.15, -0.1) is 0 Å². The van der Waals surface area contributed by atoms with Gasteiger partial charge in [0, 0.05) is 18.5 Å². The Kier molecular flexibility index (Phi) is 4.00. The molecule has 0 atom stereocenters. The van der Waals surface area contributed by atoms with Gasteiger partial charge in [-0.05, 0) is 42.2 Å². The Bertz CT molecular complexity index is 745. The van der Waals surface area contributed by atoms with Gasteiger partial charge >= 0.3 is 0 Å². The molecule has 0 aromatic carbocycles. The van der Waals surface area contributed by atoms with Crippen LogP contribution in [0.25, 0.3) is 17.5 Å². The molecule has 4 nitrogen and oxygen atoms in total. The van der Waals surface area contributed by atoms with Crippen LogP contribution >= 0.6 is 0 Å². The first-order chi connectivity index (χ1) is 10.8. The Morgan fingerprint density at radius 3 is 2.73 bits per heavy atom. The van der Waals surface area contributed by atoms with Crippen LogP contribution in [-0.4, -0.2) is 23.3 Å². The quantitative estimate of drug-likeness (QED) is 0.834. The lowest BCUT2D eigenvalue weighted by Gasteiger charge is -2.04. The Balaban J connectivity index is 2.01. The van der Waals surface area contributed by atoms with Crippen LogP contribution in [0.3, 0.4) is 0 Å². The Morgan fingerprint density at radius 2 is 2.09 bits per heavy atom. The van der Waals surface area contributed by atoms with Crippen LogP contribution in [0.4, 0.5) is 0 Å². The second-order valence-corrected chi connectivity index (χ2v) is 5.25.